The lowest BCUT2D eigenvalue weighted by atomic mass is 10.1. The molecule has 0 atom stereocenters. The van der Waals surface area contributed by atoms with Gasteiger partial charge in [0.15, 0.2) is 0 Å². The van der Waals surface area contributed by atoms with E-state index in [1.54, 1.807) is 4.68 Å². The normalized spacial score (nSPS) is 16.7. The largest absolute Gasteiger partial charge is 0.368 e. The van der Waals surface area contributed by atoms with Crippen LogP contribution >= 0.6 is 0 Å². The van der Waals surface area contributed by atoms with Crippen molar-refractivity contribution in [1.29, 1.82) is 0 Å². The second kappa shape index (κ2) is 7.42. The Labute approximate surface area is 137 Å². The van der Waals surface area contributed by atoms with Crippen LogP contribution in [-0.4, -0.2) is 33.9 Å². The van der Waals surface area contributed by atoms with E-state index < -0.39 is 0 Å². The van der Waals surface area contributed by atoms with Crippen LogP contribution in [0.2, 0.25) is 0 Å². The number of nitrogens with two attached hydrogens (primary N) is 1. The lowest BCUT2D eigenvalue weighted by Gasteiger charge is -2.19. The van der Waals surface area contributed by atoms with Gasteiger partial charge in [0, 0.05) is 6.54 Å². The van der Waals surface area contributed by atoms with Gasteiger partial charge >= 0.3 is 0 Å². The van der Waals surface area contributed by atoms with Crippen molar-refractivity contribution in [3.63, 3.8) is 0 Å². The zero-order valence-corrected chi connectivity index (χ0v) is 13.8. The highest BCUT2D eigenvalue weighted by Crippen LogP contribution is 2.14. The fourth-order valence-electron chi connectivity index (χ4n) is 3.05. The van der Waals surface area contributed by atoms with E-state index in [-0.39, 0.29) is 0 Å². The Hall–Kier alpha value is -2.14. The summed E-state index contributed by atoms with van der Waals surface area (Å²) >= 11 is 0. The molecule has 1 saturated heterocycles. The third-order valence-corrected chi connectivity index (χ3v) is 4.22. The highest BCUT2D eigenvalue weighted by atomic mass is 15.4. The van der Waals surface area contributed by atoms with Gasteiger partial charge in [-0.15, -0.1) is 0 Å². The molecule has 0 saturated carbocycles. The number of imidazole rings is 1. The predicted molar refractivity (Wildman–Crippen MR) is 94.6 cm³/mol. The van der Waals surface area contributed by atoms with Crippen molar-refractivity contribution in [2.24, 2.45) is 5.10 Å². The second-order valence-corrected chi connectivity index (χ2v) is 6.27. The Morgan fingerprint density at radius 3 is 2.70 bits per heavy atom. The summed E-state index contributed by atoms with van der Waals surface area (Å²) in [5.41, 5.74) is 9.10. The highest BCUT2D eigenvalue weighted by Gasteiger charge is 2.09. The summed E-state index contributed by atoms with van der Waals surface area (Å²) in [5.74, 6) is 0.416. The third-order valence-electron chi connectivity index (χ3n) is 4.22. The standard InChI is InChI=1S/C18H25N5/c1-15-13-23(18(19)21-15)20-12-16-7-6-8-17(11-16)14-22-9-4-2-3-5-10-22/h6-8,11-13H,2-5,9-10,14H2,1H3,(H2,19,21). The van der Waals surface area contributed by atoms with Gasteiger partial charge in [0.05, 0.1) is 18.1 Å². The quantitative estimate of drug-likeness (QED) is 0.883. The summed E-state index contributed by atoms with van der Waals surface area (Å²) in [6, 6.07) is 8.55. The van der Waals surface area contributed by atoms with Crippen molar-refractivity contribution in [2.45, 2.75) is 39.2 Å². The maximum Gasteiger partial charge on any atom is 0.221 e. The van der Waals surface area contributed by atoms with Crippen molar-refractivity contribution in [1.82, 2.24) is 14.6 Å². The number of hydrogen-bond donors (Lipinski definition) is 1. The van der Waals surface area contributed by atoms with E-state index in [1.165, 1.54) is 44.3 Å². The fourth-order valence-corrected chi connectivity index (χ4v) is 3.05. The van der Waals surface area contributed by atoms with Crippen LogP contribution in [-0.2, 0) is 6.54 Å². The number of nitrogens with zero attached hydrogens (tertiary/aromatic N) is 4. The Bertz CT molecular complexity index is 666. The van der Waals surface area contributed by atoms with Gasteiger partial charge in [-0.1, -0.05) is 31.0 Å². The first-order valence-electron chi connectivity index (χ1n) is 8.38. The minimum atomic E-state index is 0.416. The molecule has 0 aliphatic carbocycles. The molecular weight excluding hydrogens is 286 g/mol. The molecule has 1 aliphatic heterocycles. The fraction of sp³-hybridized carbons (Fsp3) is 0.444. The number of anilines is 1. The average molecular weight is 311 g/mol. The first kappa shape index (κ1) is 15.7. The zero-order valence-electron chi connectivity index (χ0n) is 13.8. The molecule has 23 heavy (non-hydrogen) atoms. The van der Waals surface area contributed by atoms with Gasteiger partial charge in [-0.25, -0.2) is 9.66 Å². The van der Waals surface area contributed by atoms with E-state index in [1.807, 2.05) is 19.3 Å². The second-order valence-electron chi connectivity index (χ2n) is 6.27. The number of likely N-dealkylation sites (tertiary alicyclic amines) is 1. The van der Waals surface area contributed by atoms with E-state index >= 15 is 0 Å². The van der Waals surface area contributed by atoms with Crippen molar-refractivity contribution >= 4 is 12.2 Å². The average Bonchev–Trinajstić information content (AvgIpc) is 2.73. The number of nitrogen functional groups attached to an aromatic ring is 1. The summed E-state index contributed by atoms with van der Waals surface area (Å²) in [5, 5.41) is 4.39. The van der Waals surface area contributed by atoms with Crippen LogP contribution in [0.15, 0.2) is 35.6 Å². The van der Waals surface area contributed by atoms with Crippen molar-refractivity contribution < 1.29 is 0 Å². The van der Waals surface area contributed by atoms with Crippen LogP contribution in [0.1, 0.15) is 42.5 Å². The molecule has 2 heterocycles. The van der Waals surface area contributed by atoms with E-state index in [4.69, 9.17) is 5.73 Å². The monoisotopic (exact) mass is 311 g/mol. The van der Waals surface area contributed by atoms with E-state index in [0.29, 0.717) is 5.95 Å². The lowest BCUT2D eigenvalue weighted by Crippen LogP contribution is -2.23. The van der Waals surface area contributed by atoms with Crippen molar-refractivity contribution in [3.8, 4) is 0 Å². The summed E-state index contributed by atoms with van der Waals surface area (Å²) in [7, 11) is 0. The molecule has 0 unspecified atom stereocenters. The SMILES string of the molecule is Cc1cn(N=Cc2cccc(CN3CCCCCC3)c2)c(N)n1. The van der Waals surface area contributed by atoms with Gasteiger partial charge in [0.1, 0.15) is 0 Å². The van der Waals surface area contributed by atoms with Gasteiger partial charge in [-0.3, -0.25) is 4.90 Å². The maximum absolute atomic E-state index is 5.81. The molecule has 0 spiro atoms. The van der Waals surface area contributed by atoms with Gasteiger partial charge < -0.3 is 5.73 Å². The molecule has 1 aromatic carbocycles. The Kier molecular flexibility index (Phi) is 5.08. The molecule has 0 amide bonds. The van der Waals surface area contributed by atoms with Gasteiger partial charge in [-0.05, 0) is 50.0 Å². The third kappa shape index (κ3) is 4.42. The van der Waals surface area contributed by atoms with Crippen LogP contribution in [0.3, 0.4) is 0 Å². The number of aryl methyl sites for hydroxylation is 1. The van der Waals surface area contributed by atoms with Crippen LogP contribution in [0.5, 0.6) is 0 Å². The van der Waals surface area contributed by atoms with Gasteiger partial charge in [0.25, 0.3) is 0 Å². The predicted octanol–water partition coefficient (Wildman–Crippen LogP) is 3.03. The molecule has 5 nitrogen and oxygen atoms in total. The molecule has 1 aromatic heterocycles. The minimum Gasteiger partial charge on any atom is -0.368 e. The summed E-state index contributed by atoms with van der Waals surface area (Å²) in [6.07, 6.45) is 9.04. The van der Waals surface area contributed by atoms with E-state index in [9.17, 15) is 0 Å². The molecular formula is C18H25N5. The van der Waals surface area contributed by atoms with E-state index in [2.05, 4.69) is 39.3 Å². The Morgan fingerprint density at radius 1 is 1.22 bits per heavy atom. The molecule has 1 fully saturated rings. The number of benzene rings is 1. The molecule has 1 aliphatic rings. The van der Waals surface area contributed by atoms with E-state index in [0.717, 1.165) is 17.8 Å². The van der Waals surface area contributed by atoms with Gasteiger partial charge in [0.2, 0.25) is 5.95 Å². The van der Waals surface area contributed by atoms with Crippen molar-refractivity contribution in [3.05, 3.63) is 47.3 Å². The number of aromatic nitrogens is 2. The summed E-state index contributed by atoms with van der Waals surface area (Å²) in [4.78, 5) is 6.70. The number of hydrogen-bond acceptors (Lipinski definition) is 4. The molecule has 122 valence electrons. The molecule has 3 rings (SSSR count). The van der Waals surface area contributed by atoms with Gasteiger partial charge in [-0.2, -0.15) is 5.10 Å². The van der Waals surface area contributed by atoms with Crippen LogP contribution < -0.4 is 5.73 Å². The van der Waals surface area contributed by atoms with Crippen LogP contribution in [0.25, 0.3) is 0 Å². The minimum absolute atomic E-state index is 0.416. The molecule has 5 heteroatoms. The Morgan fingerprint density at radius 2 is 2.00 bits per heavy atom. The first-order valence-corrected chi connectivity index (χ1v) is 8.38. The molecule has 2 aromatic rings. The molecule has 0 bridgehead atoms. The molecule has 0 radical (unpaired) electrons. The summed E-state index contributed by atoms with van der Waals surface area (Å²) < 4.78 is 1.61. The zero-order chi connectivity index (χ0) is 16.1. The number of rotatable bonds is 4. The first-order chi connectivity index (χ1) is 11.2. The van der Waals surface area contributed by atoms with Crippen LogP contribution in [0.4, 0.5) is 5.95 Å². The van der Waals surface area contributed by atoms with Crippen molar-refractivity contribution in [2.75, 3.05) is 18.8 Å². The smallest absolute Gasteiger partial charge is 0.221 e. The maximum atomic E-state index is 5.81. The Balaban J connectivity index is 1.68. The highest BCUT2D eigenvalue weighted by molar-refractivity contribution is 5.79. The summed E-state index contributed by atoms with van der Waals surface area (Å²) in [6.45, 7) is 5.35. The lowest BCUT2D eigenvalue weighted by molar-refractivity contribution is 0.277. The topological polar surface area (TPSA) is 59.4 Å². The molecule has 2 N–H and O–H groups in total. The van der Waals surface area contributed by atoms with Crippen LogP contribution in [0, 0.1) is 6.92 Å².